The number of hydrogen-bond acceptors (Lipinski definition) is 6. The van der Waals surface area contributed by atoms with Gasteiger partial charge in [-0.3, -0.25) is 9.59 Å². The first-order valence-electron chi connectivity index (χ1n) is 7.71. The van der Waals surface area contributed by atoms with Crippen molar-refractivity contribution >= 4 is 22.0 Å². The molecule has 1 unspecified atom stereocenters. The molecule has 0 bridgehead atoms. The van der Waals surface area contributed by atoms with Gasteiger partial charge in [0, 0.05) is 6.42 Å². The van der Waals surface area contributed by atoms with Crippen LogP contribution in [0.25, 0.3) is 0 Å². The summed E-state index contributed by atoms with van der Waals surface area (Å²) < 4.78 is 36.8. The smallest absolute Gasteiger partial charge is 0.324 e. The summed E-state index contributed by atoms with van der Waals surface area (Å²) in [5, 5.41) is 0. The van der Waals surface area contributed by atoms with E-state index >= 15 is 0 Å². The first-order valence-corrected chi connectivity index (χ1v) is 9.19. The molecule has 0 saturated carbocycles. The lowest BCUT2D eigenvalue weighted by molar-refractivity contribution is -0.146. The number of carbonyl (C=O) groups excluding carboxylic acids is 2. The van der Waals surface area contributed by atoms with Crippen LogP contribution in [0.15, 0.2) is 29.2 Å². The van der Waals surface area contributed by atoms with Gasteiger partial charge in [0.05, 0.1) is 18.1 Å². The van der Waals surface area contributed by atoms with Crippen molar-refractivity contribution in [1.82, 2.24) is 4.72 Å². The van der Waals surface area contributed by atoms with E-state index in [9.17, 15) is 18.0 Å². The van der Waals surface area contributed by atoms with Gasteiger partial charge < -0.3 is 9.47 Å². The number of ether oxygens (including phenoxy) is 2. The number of rotatable bonds is 9. The minimum Gasteiger partial charge on any atom is -0.466 e. The number of nitrogens with one attached hydrogen (secondary N) is 1. The number of hydrogen-bond donors (Lipinski definition) is 1. The van der Waals surface area contributed by atoms with Gasteiger partial charge in [0.1, 0.15) is 6.04 Å². The number of esters is 2. The monoisotopic (exact) mass is 357 g/mol. The van der Waals surface area contributed by atoms with E-state index < -0.39 is 28.0 Å². The predicted octanol–water partition coefficient (Wildman–Crippen LogP) is 1.55. The lowest BCUT2D eigenvalue weighted by atomic mass is 10.2. The zero-order valence-electron chi connectivity index (χ0n) is 14.1. The molecule has 0 aliphatic heterocycles. The SMILES string of the molecule is CCOC(=O)CCC(NS(=O)(=O)c1ccc(C)cc1)C(=O)OCC. The van der Waals surface area contributed by atoms with Crippen molar-refractivity contribution in [2.24, 2.45) is 0 Å². The summed E-state index contributed by atoms with van der Waals surface area (Å²) in [6.45, 7) is 5.46. The molecule has 24 heavy (non-hydrogen) atoms. The van der Waals surface area contributed by atoms with Gasteiger partial charge >= 0.3 is 11.9 Å². The zero-order chi connectivity index (χ0) is 18.2. The summed E-state index contributed by atoms with van der Waals surface area (Å²) in [5.74, 6) is -1.22. The minimum absolute atomic E-state index is 0.0389. The van der Waals surface area contributed by atoms with E-state index in [2.05, 4.69) is 4.72 Å². The van der Waals surface area contributed by atoms with Crippen LogP contribution in [-0.4, -0.2) is 39.6 Å². The average molecular weight is 357 g/mol. The van der Waals surface area contributed by atoms with Gasteiger partial charge in [0.2, 0.25) is 10.0 Å². The van der Waals surface area contributed by atoms with Crippen molar-refractivity contribution < 1.29 is 27.5 Å². The Labute approximate surface area is 142 Å². The highest BCUT2D eigenvalue weighted by Gasteiger charge is 2.27. The molecule has 7 nitrogen and oxygen atoms in total. The van der Waals surface area contributed by atoms with Crippen molar-refractivity contribution in [3.05, 3.63) is 29.8 Å². The number of sulfonamides is 1. The second kappa shape index (κ2) is 9.39. The first-order chi connectivity index (χ1) is 11.3. The molecule has 0 aliphatic carbocycles. The van der Waals surface area contributed by atoms with Gasteiger partial charge in [-0.2, -0.15) is 4.72 Å². The largest absolute Gasteiger partial charge is 0.466 e. The molecule has 8 heteroatoms. The van der Waals surface area contributed by atoms with Crippen molar-refractivity contribution in [1.29, 1.82) is 0 Å². The Hall–Kier alpha value is -1.93. The second-order valence-corrected chi connectivity index (χ2v) is 6.80. The third kappa shape index (κ3) is 6.29. The Morgan fingerprint density at radius 3 is 2.21 bits per heavy atom. The molecule has 1 aromatic carbocycles. The Morgan fingerprint density at radius 2 is 1.67 bits per heavy atom. The molecule has 0 spiro atoms. The molecule has 0 fully saturated rings. The van der Waals surface area contributed by atoms with Gasteiger partial charge in [-0.15, -0.1) is 0 Å². The maximum Gasteiger partial charge on any atom is 0.324 e. The highest BCUT2D eigenvalue weighted by Crippen LogP contribution is 2.13. The van der Waals surface area contributed by atoms with Crippen LogP contribution in [0.1, 0.15) is 32.3 Å². The van der Waals surface area contributed by atoms with Crippen LogP contribution in [0.5, 0.6) is 0 Å². The normalized spacial score (nSPS) is 12.5. The van der Waals surface area contributed by atoms with Crippen LogP contribution >= 0.6 is 0 Å². The summed E-state index contributed by atoms with van der Waals surface area (Å²) in [7, 11) is -3.90. The molecule has 0 amide bonds. The summed E-state index contributed by atoms with van der Waals surface area (Å²) in [6.07, 6.45) is -0.128. The topological polar surface area (TPSA) is 98.8 Å². The maximum absolute atomic E-state index is 12.4. The standard InChI is InChI=1S/C16H23NO6S/c1-4-22-15(18)11-10-14(16(19)23-5-2)17-24(20,21)13-8-6-12(3)7-9-13/h6-9,14,17H,4-5,10-11H2,1-3H3. The molecular weight excluding hydrogens is 334 g/mol. The highest BCUT2D eigenvalue weighted by molar-refractivity contribution is 7.89. The molecule has 0 radical (unpaired) electrons. The Bertz CT molecular complexity index is 654. The van der Waals surface area contributed by atoms with E-state index in [1.165, 1.54) is 12.1 Å². The molecule has 1 rings (SSSR count). The molecule has 0 heterocycles. The van der Waals surface area contributed by atoms with E-state index in [0.717, 1.165) is 5.56 Å². The predicted molar refractivity (Wildman–Crippen MR) is 87.8 cm³/mol. The van der Waals surface area contributed by atoms with Crippen LogP contribution in [0.4, 0.5) is 0 Å². The Morgan fingerprint density at radius 1 is 1.08 bits per heavy atom. The van der Waals surface area contributed by atoms with E-state index in [1.54, 1.807) is 26.0 Å². The second-order valence-electron chi connectivity index (χ2n) is 5.08. The fourth-order valence-corrected chi connectivity index (χ4v) is 3.15. The number of carbonyl (C=O) groups is 2. The lowest BCUT2D eigenvalue weighted by Crippen LogP contribution is -2.42. The summed E-state index contributed by atoms with van der Waals surface area (Å²) in [6, 6.07) is 5.07. The minimum atomic E-state index is -3.90. The Kier molecular flexibility index (Phi) is 7.87. The zero-order valence-corrected chi connectivity index (χ0v) is 14.9. The Balaban J connectivity index is 2.88. The van der Waals surface area contributed by atoms with Gasteiger partial charge in [-0.05, 0) is 39.3 Å². The molecule has 0 aliphatic rings. The third-order valence-corrected chi connectivity index (χ3v) is 4.63. The lowest BCUT2D eigenvalue weighted by Gasteiger charge is -2.17. The molecular formula is C16H23NO6S. The van der Waals surface area contributed by atoms with Gasteiger partial charge in [0.25, 0.3) is 0 Å². The van der Waals surface area contributed by atoms with E-state index in [1.807, 2.05) is 6.92 Å². The average Bonchev–Trinajstić information content (AvgIpc) is 2.52. The van der Waals surface area contributed by atoms with Crippen molar-refractivity contribution in [3.8, 4) is 0 Å². The van der Waals surface area contributed by atoms with E-state index in [4.69, 9.17) is 9.47 Å². The molecule has 1 atom stereocenters. The number of benzene rings is 1. The summed E-state index contributed by atoms with van der Waals surface area (Å²) >= 11 is 0. The van der Waals surface area contributed by atoms with E-state index in [-0.39, 0.29) is 31.0 Å². The first kappa shape index (κ1) is 20.1. The van der Waals surface area contributed by atoms with Gasteiger partial charge in [-0.1, -0.05) is 17.7 Å². The molecule has 1 aromatic rings. The highest BCUT2D eigenvalue weighted by atomic mass is 32.2. The number of aryl methyl sites for hydroxylation is 1. The van der Waals surface area contributed by atoms with E-state index in [0.29, 0.717) is 0 Å². The molecule has 134 valence electrons. The van der Waals surface area contributed by atoms with Crippen LogP contribution in [-0.2, 0) is 29.1 Å². The molecule has 0 saturated heterocycles. The maximum atomic E-state index is 12.4. The van der Waals surface area contributed by atoms with Crippen molar-refractivity contribution in [3.63, 3.8) is 0 Å². The van der Waals surface area contributed by atoms with Crippen molar-refractivity contribution in [2.75, 3.05) is 13.2 Å². The summed E-state index contributed by atoms with van der Waals surface area (Å²) in [5.41, 5.74) is 0.915. The molecule has 1 N–H and O–H groups in total. The van der Waals surface area contributed by atoms with Crippen LogP contribution < -0.4 is 4.72 Å². The summed E-state index contributed by atoms with van der Waals surface area (Å²) in [4.78, 5) is 23.5. The fourth-order valence-electron chi connectivity index (χ4n) is 1.94. The van der Waals surface area contributed by atoms with Gasteiger partial charge in [-0.25, -0.2) is 8.42 Å². The fraction of sp³-hybridized carbons (Fsp3) is 0.500. The quantitative estimate of drug-likeness (QED) is 0.673. The van der Waals surface area contributed by atoms with Crippen LogP contribution in [0, 0.1) is 6.92 Å². The van der Waals surface area contributed by atoms with Crippen LogP contribution in [0.3, 0.4) is 0 Å². The van der Waals surface area contributed by atoms with Gasteiger partial charge in [0.15, 0.2) is 0 Å². The van der Waals surface area contributed by atoms with Crippen LogP contribution in [0.2, 0.25) is 0 Å². The molecule has 0 aromatic heterocycles. The third-order valence-electron chi connectivity index (χ3n) is 3.14. The van der Waals surface area contributed by atoms with Crippen molar-refractivity contribution in [2.45, 2.75) is 44.6 Å².